The first-order valence-electron chi connectivity index (χ1n) is 6.97. The molecule has 2 nitrogen and oxygen atoms in total. The van der Waals surface area contributed by atoms with Crippen LogP contribution in [0.4, 0.5) is 10.1 Å². The fourth-order valence-electron chi connectivity index (χ4n) is 2.64. The summed E-state index contributed by atoms with van der Waals surface area (Å²) in [5.74, 6) is 0.248. The van der Waals surface area contributed by atoms with Gasteiger partial charge in [0, 0.05) is 13.1 Å². The molecule has 0 radical (unpaired) electrons. The lowest BCUT2D eigenvalue weighted by atomic mass is 9.97. The number of hydrogen-bond acceptors (Lipinski definition) is 2. The van der Waals surface area contributed by atoms with E-state index in [1.165, 1.54) is 19.3 Å². The minimum atomic E-state index is -0.0849. The van der Waals surface area contributed by atoms with Crippen LogP contribution in [0.1, 0.15) is 44.1 Å². The number of benzene rings is 1. The van der Waals surface area contributed by atoms with Crippen molar-refractivity contribution in [1.82, 2.24) is 0 Å². The summed E-state index contributed by atoms with van der Waals surface area (Å²) < 4.78 is 14.2. The summed E-state index contributed by atoms with van der Waals surface area (Å²) in [7, 11) is 0. The summed E-state index contributed by atoms with van der Waals surface area (Å²) in [6.45, 7) is 4.71. The minimum Gasteiger partial charge on any atom is -0.369 e. The zero-order valence-corrected chi connectivity index (χ0v) is 11.2. The van der Waals surface area contributed by atoms with E-state index in [2.05, 4.69) is 11.8 Å². The second-order valence-corrected chi connectivity index (χ2v) is 5.24. The quantitative estimate of drug-likeness (QED) is 0.888. The Morgan fingerprint density at radius 3 is 2.61 bits per heavy atom. The predicted octanol–water partition coefficient (Wildman–Crippen LogP) is 3.27. The molecule has 1 aliphatic heterocycles. The molecule has 0 aliphatic carbocycles. The Morgan fingerprint density at radius 2 is 2.00 bits per heavy atom. The zero-order valence-electron chi connectivity index (χ0n) is 11.2. The van der Waals surface area contributed by atoms with Crippen LogP contribution in [0.15, 0.2) is 18.2 Å². The first-order valence-corrected chi connectivity index (χ1v) is 6.97. The number of halogens is 1. The van der Waals surface area contributed by atoms with E-state index < -0.39 is 0 Å². The fourth-order valence-corrected chi connectivity index (χ4v) is 2.64. The molecule has 1 fully saturated rings. The minimum absolute atomic E-state index is 0.0849. The van der Waals surface area contributed by atoms with Crippen molar-refractivity contribution in [2.75, 3.05) is 24.5 Å². The molecule has 18 heavy (non-hydrogen) atoms. The fraction of sp³-hybridized carbons (Fsp3) is 0.600. The Hall–Kier alpha value is -1.09. The van der Waals surface area contributed by atoms with E-state index in [4.69, 9.17) is 5.73 Å². The molecule has 0 amide bonds. The Labute approximate surface area is 109 Å². The van der Waals surface area contributed by atoms with Crippen molar-refractivity contribution in [3.05, 3.63) is 29.6 Å². The van der Waals surface area contributed by atoms with Gasteiger partial charge in [-0.3, -0.25) is 0 Å². The standard InChI is InChI=1S/C15H23FN2/c1-12(7-8-17)13-5-6-15(14(16)11-13)18-9-3-2-4-10-18/h5-6,11-12H,2-4,7-10,17H2,1H3. The molecular weight excluding hydrogens is 227 g/mol. The van der Waals surface area contributed by atoms with Gasteiger partial charge in [0.05, 0.1) is 5.69 Å². The van der Waals surface area contributed by atoms with Crippen molar-refractivity contribution in [3.63, 3.8) is 0 Å². The van der Waals surface area contributed by atoms with Crippen molar-refractivity contribution in [3.8, 4) is 0 Å². The number of nitrogens with zero attached hydrogens (tertiary/aromatic N) is 1. The van der Waals surface area contributed by atoms with Crippen molar-refractivity contribution >= 4 is 5.69 Å². The van der Waals surface area contributed by atoms with E-state index in [1.807, 2.05) is 12.1 Å². The van der Waals surface area contributed by atoms with Crippen LogP contribution in [-0.4, -0.2) is 19.6 Å². The van der Waals surface area contributed by atoms with Gasteiger partial charge in [0.1, 0.15) is 5.82 Å². The average molecular weight is 250 g/mol. The van der Waals surface area contributed by atoms with Crippen molar-refractivity contribution in [2.24, 2.45) is 5.73 Å². The largest absolute Gasteiger partial charge is 0.369 e. The van der Waals surface area contributed by atoms with E-state index in [0.717, 1.165) is 30.8 Å². The molecule has 0 saturated carbocycles. The molecule has 1 saturated heterocycles. The highest BCUT2D eigenvalue weighted by Gasteiger charge is 2.16. The highest BCUT2D eigenvalue weighted by Crippen LogP contribution is 2.27. The molecular formula is C15H23FN2. The predicted molar refractivity (Wildman–Crippen MR) is 74.6 cm³/mol. The molecule has 2 rings (SSSR count). The first kappa shape index (κ1) is 13.3. The molecule has 1 atom stereocenters. The van der Waals surface area contributed by atoms with Gasteiger partial charge in [-0.15, -0.1) is 0 Å². The molecule has 1 heterocycles. The third-order valence-corrected chi connectivity index (χ3v) is 3.84. The number of rotatable bonds is 4. The van der Waals surface area contributed by atoms with Crippen LogP contribution in [0.25, 0.3) is 0 Å². The summed E-state index contributed by atoms with van der Waals surface area (Å²) in [6.07, 6.45) is 4.52. The highest BCUT2D eigenvalue weighted by atomic mass is 19.1. The number of anilines is 1. The summed E-state index contributed by atoms with van der Waals surface area (Å²) in [6, 6.07) is 5.67. The van der Waals surface area contributed by atoms with E-state index in [1.54, 1.807) is 6.07 Å². The second kappa shape index (κ2) is 6.19. The molecule has 0 aromatic heterocycles. The Bertz CT molecular complexity index is 386. The van der Waals surface area contributed by atoms with Crippen LogP contribution in [0.5, 0.6) is 0 Å². The average Bonchev–Trinajstić information content (AvgIpc) is 2.40. The van der Waals surface area contributed by atoms with Crippen LogP contribution < -0.4 is 10.6 Å². The normalized spacial score (nSPS) is 17.8. The summed E-state index contributed by atoms with van der Waals surface area (Å²) >= 11 is 0. The van der Waals surface area contributed by atoms with E-state index in [9.17, 15) is 4.39 Å². The zero-order chi connectivity index (χ0) is 13.0. The topological polar surface area (TPSA) is 29.3 Å². The van der Waals surface area contributed by atoms with Gasteiger partial charge in [0.2, 0.25) is 0 Å². The Balaban J connectivity index is 2.13. The van der Waals surface area contributed by atoms with E-state index in [-0.39, 0.29) is 5.82 Å². The molecule has 0 bridgehead atoms. The summed E-state index contributed by atoms with van der Waals surface area (Å²) in [5, 5.41) is 0. The smallest absolute Gasteiger partial charge is 0.146 e. The molecule has 1 aromatic rings. The molecule has 2 N–H and O–H groups in total. The maximum atomic E-state index is 14.2. The Morgan fingerprint density at radius 1 is 1.28 bits per heavy atom. The van der Waals surface area contributed by atoms with Gasteiger partial charge < -0.3 is 10.6 Å². The molecule has 100 valence electrons. The third kappa shape index (κ3) is 3.02. The molecule has 0 spiro atoms. The SMILES string of the molecule is CC(CCN)c1ccc(N2CCCCC2)c(F)c1. The van der Waals surface area contributed by atoms with Gasteiger partial charge in [-0.05, 0) is 55.8 Å². The van der Waals surface area contributed by atoms with E-state index in [0.29, 0.717) is 12.5 Å². The molecule has 3 heteroatoms. The maximum Gasteiger partial charge on any atom is 0.146 e. The number of piperidine rings is 1. The Kier molecular flexibility index (Phi) is 4.59. The van der Waals surface area contributed by atoms with Gasteiger partial charge in [-0.1, -0.05) is 13.0 Å². The van der Waals surface area contributed by atoms with Gasteiger partial charge >= 0.3 is 0 Å². The lowest BCUT2D eigenvalue weighted by Gasteiger charge is -2.29. The summed E-state index contributed by atoms with van der Waals surface area (Å²) in [5.41, 5.74) is 7.37. The number of nitrogens with two attached hydrogens (primary N) is 1. The highest BCUT2D eigenvalue weighted by molar-refractivity contribution is 5.49. The third-order valence-electron chi connectivity index (χ3n) is 3.84. The van der Waals surface area contributed by atoms with Crippen LogP contribution in [-0.2, 0) is 0 Å². The summed E-state index contributed by atoms with van der Waals surface area (Å²) in [4.78, 5) is 2.16. The van der Waals surface area contributed by atoms with Crippen molar-refractivity contribution in [2.45, 2.75) is 38.5 Å². The van der Waals surface area contributed by atoms with Gasteiger partial charge in [0.15, 0.2) is 0 Å². The van der Waals surface area contributed by atoms with Gasteiger partial charge in [-0.2, -0.15) is 0 Å². The maximum absolute atomic E-state index is 14.2. The second-order valence-electron chi connectivity index (χ2n) is 5.24. The van der Waals surface area contributed by atoms with Crippen LogP contribution in [0.3, 0.4) is 0 Å². The van der Waals surface area contributed by atoms with Crippen LogP contribution in [0, 0.1) is 5.82 Å². The molecule has 1 aromatic carbocycles. The van der Waals surface area contributed by atoms with Gasteiger partial charge in [0.25, 0.3) is 0 Å². The molecule has 1 aliphatic rings. The number of hydrogen-bond donors (Lipinski definition) is 1. The molecule has 1 unspecified atom stereocenters. The lowest BCUT2D eigenvalue weighted by molar-refractivity contribution is 0.555. The van der Waals surface area contributed by atoms with E-state index >= 15 is 0 Å². The van der Waals surface area contributed by atoms with Gasteiger partial charge in [-0.25, -0.2) is 4.39 Å². The lowest BCUT2D eigenvalue weighted by Crippen LogP contribution is -2.30. The van der Waals surface area contributed by atoms with Crippen molar-refractivity contribution in [1.29, 1.82) is 0 Å². The monoisotopic (exact) mass is 250 g/mol. The van der Waals surface area contributed by atoms with Crippen LogP contribution >= 0.6 is 0 Å². The van der Waals surface area contributed by atoms with Crippen molar-refractivity contribution < 1.29 is 4.39 Å². The first-order chi connectivity index (χ1) is 8.72. The van der Waals surface area contributed by atoms with Crippen LogP contribution in [0.2, 0.25) is 0 Å².